The number of nitrogens with one attached hydrogen (secondary N) is 1. The highest BCUT2D eigenvalue weighted by atomic mass is 16.2. The molecule has 1 saturated carbocycles. The fraction of sp³-hybridized carbons (Fsp3) is 0.556. The van der Waals surface area contributed by atoms with E-state index in [-0.39, 0.29) is 17.9 Å². The Balaban J connectivity index is 1.71. The Morgan fingerprint density at radius 3 is 2.70 bits per heavy atom. The van der Waals surface area contributed by atoms with Crippen LogP contribution in [0.1, 0.15) is 57.1 Å². The molecular weight excluding hydrogens is 290 g/mol. The molecule has 5 nitrogen and oxygen atoms in total. The lowest BCUT2D eigenvalue weighted by Gasteiger charge is -2.26. The van der Waals surface area contributed by atoms with Crippen molar-refractivity contribution < 1.29 is 9.59 Å². The normalized spacial score (nSPS) is 21.5. The van der Waals surface area contributed by atoms with Crippen LogP contribution < -0.4 is 16.0 Å². The molecule has 0 aromatic heterocycles. The average molecular weight is 315 g/mol. The summed E-state index contributed by atoms with van der Waals surface area (Å²) in [7, 11) is 0. The first-order valence-corrected chi connectivity index (χ1v) is 8.50. The minimum atomic E-state index is -0.712. The predicted molar refractivity (Wildman–Crippen MR) is 90.0 cm³/mol. The third-order valence-corrected chi connectivity index (χ3v) is 5.05. The van der Waals surface area contributed by atoms with Gasteiger partial charge in [-0.2, -0.15) is 0 Å². The van der Waals surface area contributed by atoms with E-state index >= 15 is 0 Å². The smallest absolute Gasteiger partial charge is 0.240 e. The summed E-state index contributed by atoms with van der Waals surface area (Å²) in [6.45, 7) is 2.73. The molecule has 2 fully saturated rings. The average Bonchev–Trinajstić information content (AvgIpc) is 3.17. The second-order valence-electron chi connectivity index (χ2n) is 6.80. The van der Waals surface area contributed by atoms with Gasteiger partial charge in [0.2, 0.25) is 11.8 Å². The van der Waals surface area contributed by atoms with Gasteiger partial charge in [-0.25, -0.2) is 0 Å². The molecule has 0 bridgehead atoms. The zero-order chi connectivity index (χ0) is 16.4. The van der Waals surface area contributed by atoms with Crippen molar-refractivity contribution in [2.24, 2.45) is 5.73 Å². The van der Waals surface area contributed by atoms with Crippen LogP contribution in [0, 0.1) is 0 Å². The Labute approximate surface area is 137 Å². The maximum Gasteiger partial charge on any atom is 0.240 e. The second-order valence-corrected chi connectivity index (χ2v) is 6.80. The molecule has 1 atom stereocenters. The maximum absolute atomic E-state index is 12.4. The molecule has 0 radical (unpaired) electrons. The van der Waals surface area contributed by atoms with Crippen molar-refractivity contribution in [3.8, 4) is 0 Å². The topological polar surface area (TPSA) is 75.4 Å². The Hall–Kier alpha value is -1.88. The van der Waals surface area contributed by atoms with Gasteiger partial charge in [-0.15, -0.1) is 0 Å². The van der Waals surface area contributed by atoms with Gasteiger partial charge >= 0.3 is 0 Å². The lowest BCUT2D eigenvalue weighted by Crippen LogP contribution is -2.52. The Morgan fingerprint density at radius 1 is 1.30 bits per heavy atom. The van der Waals surface area contributed by atoms with Gasteiger partial charge in [-0.05, 0) is 43.9 Å². The van der Waals surface area contributed by atoms with E-state index in [9.17, 15) is 9.59 Å². The van der Waals surface area contributed by atoms with Crippen LogP contribution in [0.25, 0.3) is 0 Å². The van der Waals surface area contributed by atoms with Gasteiger partial charge < -0.3 is 16.0 Å². The number of hydrogen-bond acceptors (Lipinski definition) is 3. The van der Waals surface area contributed by atoms with Crippen LogP contribution >= 0.6 is 0 Å². The number of anilines is 1. The number of rotatable bonds is 4. The molecule has 5 heteroatoms. The summed E-state index contributed by atoms with van der Waals surface area (Å²) in [5.41, 5.74) is 7.41. The first kappa shape index (κ1) is 16.0. The zero-order valence-electron chi connectivity index (χ0n) is 13.7. The minimum Gasteiger partial charge on any atom is -0.348 e. The molecule has 2 aliphatic rings. The number of amides is 2. The molecule has 1 saturated heterocycles. The van der Waals surface area contributed by atoms with Crippen LogP contribution in [-0.4, -0.2) is 23.9 Å². The van der Waals surface area contributed by atoms with Gasteiger partial charge in [-0.3, -0.25) is 9.59 Å². The van der Waals surface area contributed by atoms with Crippen molar-refractivity contribution in [2.75, 3.05) is 11.4 Å². The van der Waals surface area contributed by atoms with Gasteiger partial charge in [0.05, 0.1) is 11.6 Å². The van der Waals surface area contributed by atoms with E-state index in [4.69, 9.17) is 5.73 Å². The van der Waals surface area contributed by atoms with E-state index < -0.39 is 5.54 Å². The Bertz CT molecular complexity index is 608. The standard InChI is InChI=1S/C18H25N3O2/c1-13(20-17(23)18(19)9-2-3-10-18)14-6-4-7-15(12-14)21-11-5-8-16(21)22/h4,6-7,12-13H,2-3,5,8-11,19H2,1H3,(H,20,23). The Morgan fingerprint density at radius 2 is 2.04 bits per heavy atom. The van der Waals surface area contributed by atoms with Gasteiger partial charge in [-0.1, -0.05) is 25.0 Å². The van der Waals surface area contributed by atoms with Crippen LogP contribution in [0.5, 0.6) is 0 Å². The number of carbonyl (C=O) groups is 2. The molecule has 2 amide bonds. The quantitative estimate of drug-likeness (QED) is 0.895. The summed E-state index contributed by atoms with van der Waals surface area (Å²) < 4.78 is 0. The molecule has 3 N–H and O–H groups in total. The molecule has 1 heterocycles. The first-order chi connectivity index (χ1) is 11.0. The first-order valence-electron chi connectivity index (χ1n) is 8.50. The van der Waals surface area contributed by atoms with Crippen molar-refractivity contribution in [1.82, 2.24) is 5.32 Å². The summed E-state index contributed by atoms with van der Waals surface area (Å²) in [4.78, 5) is 26.2. The summed E-state index contributed by atoms with van der Waals surface area (Å²) in [6, 6.07) is 7.73. The van der Waals surface area contributed by atoms with Crippen molar-refractivity contribution in [1.29, 1.82) is 0 Å². The summed E-state index contributed by atoms with van der Waals surface area (Å²) in [5.74, 6) is 0.107. The predicted octanol–water partition coefficient (Wildman–Crippen LogP) is 2.26. The fourth-order valence-electron chi connectivity index (χ4n) is 3.54. The molecule has 1 unspecified atom stereocenters. The van der Waals surface area contributed by atoms with Crippen LogP contribution in [-0.2, 0) is 9.59 Å². The highest BCUT2D eigenvalue weighted by molar-refractivity contribution is 5.95. The number of hydrogen-bond donors (Lipinski definition) is 2. The van der Waals surface area contributed by atoms with Gasteiger partial charge in [0.1, 0.15) is 0 Å². The lowest BCUT2D eigenvalue weighted by atomic mass is 9.97. The van der Waals surface area contributed by atoms with E-state index in [0.717, 1.165) is 49.9 Å². The second kappa shape index (κ2) is 6.32. The van der Waals surface area contributed by atoms with Crippen molar-refractivity contribution in [2.45, 2.75) is 57.0 Å². The summed E-state index contributed by atoms with van der Waals surface area (Å²) in [6.07, 6.45) is 5.08. The van der Waals surface area contributed by atoms with Crippen LogP contribution in [0.15, 0.2) is 24.3 Å². The monoisotopic (exact) mass is 315 g/mol. The zero-order valence-corrected chi connectivity index (χ0v) is 13.7. The Kier molecular flexibility index (Phi) is 4.39. The van der Waals surface area contributed by atoms with Gasteiger partial charge in [0.15, 0.2) is 0 Å². The molecule has 1 aromatic rings. The van der Waals surface area contributed by atoms with E-state index in [1.807, 2.05) is 36.1 Å². The van der Waals surface area contributed by atoms with E-state index in [1.54, 1.807) is 0 Å². The van der Waals surface area contributed by atoms with E-state index in [0.29, 0.717) is 6.42 Å². The van der Waals surface area contributed by atoms with E-state index in [1.165, 1.54) is 0 Å². The molecule has 23 heavy (non-hydrogen) atoms. The molecule has 0 spiro atoms. The van der Waals surface area contributed by atoms with Crippen LogP contribution in [0.3, 0.4) is 0 Å². The third-order valence-electron chi connectivity index (χ3n) is 5.05. The molecule has 1 aliphatic heterocycles. The summed E-state index contributed by atoms with van der Waals surface area (Å²) in [5, 5.41) is 3.04. The minimum absolute atomic E-state index is 0.0647. The largest absolute Gasteiger partial charge is 0.348 e. The van der Waals surface area contributed by atoms with Crippen molar-refractivity contribution in [3.05, 3.63) is 29.8 Å². The fourth-order valence-corrected chi connectivity index (χ4v) is 3.54. The molecular formula is C18H25N3O2. The SMILES string of the molecule is CC(NC(=O)C1(N)CCCC1)c1cccc(N2CCCC2=O)c1. The molecule has 124 valence electrons. The highest BCUT2D eigenvalue weighted by Gasteiger charge is 2.37. The highest BCUT2D eigenvalue weighted by Crippen LogP contribution is 2.29. The number of nitrogens with zero attached hydrogens (tertiary/aromatic N) is 1. The van der Waals surface area contributed by atoms with Crippen LogP contribution in [0.2, 0.25) is 0 Å². The number of nitrogens with two attached hydrogens (primary N) is 1. The maximum atomic E-state index is 12.4. The lowest BCUT2D eigenvalue weighted by molar-refractivity contribution is -0.126. The molecule has 1 aromatic carbocycles. The van der Waals surface area contributed by atoms with Crippen molar-refractivity contribution in [3.63, 3.8) is 0 Å². The van der Waals surface area contributed by atoms with Gasteiger partial charge in [0, 0.05) is 18.7 Å². The molecule has 1 aliphatic carbocycles. The van der Waals surface area contributed by atoms with E-state index in [2.05, 4.69) is 5.32 Å². The number of benzene rings is 1. The number of carbonyl (C=O) groups excluding carboxylic acids is 2. The molecule has 3 rings (SSSR count). The van der Waals surface area contributed by atoms with Crippen LogP contribution in [0.4, 0.5) is 5.69 Å². The third kappa shape index (κ3) is 3.24. The van der Waals surface area contributed by atoms with Crippen molar-refractivity contribution >= 4 is 17.5 Å². The van der Waals surface area contributed by atoms with Gasteiger partial charge in [0.25, 0.3) is 0 Å². The summed E-state index contributed by atoms with van der Waals surface area (Å²) >= 11 is 0.